The molecular weight excluding hydrogens is 242 g/mol. The van der Waals surface area contributed by atoms with Crippen molar-refractivity contribution in [3.63, 3.8) is 0 Å². The van der Waals surface area contributed by atoms with Crippen molar-refractivity contribution < 1.29 is 0 Å². The maximum Gasteiger partial charge on any atom is 0.0651 e. The van der Waals surface area contributed by atoms with Crippen LogP contribution in [0.25, 0.3) is 0 Å². The molecule has 2 N–H and O–H groups in total. The highest BCUT2D eigenvalue weighted by atomic mass is 35.5. The molecule has 0 aliphatic heterocycles. The lowest BCUT2D eigenvalue weighted by Gasteiger charge is -2.27. The van der Waals surface area contributed by atoms with E-state index in [0.717, 1.165) is 11.1 Å². The van der Waals surface area contributed by atoms with Gasteiger partial charge < -0.3 is 5.73 Å². The molecule has 0 aromatic heterocycles. The zero-order valence-corrected chi connectivity index (χ0v) is 11.8. The number of hydrogen-bond acceptors (Lipinski definition) is 1. The van der Waals surface area contributed by atoms with Gasteiger partial charge in [0.05, 0.1) is 5.54 Å². The molecule has 0 spiro atoms. The molecule has 2 heteroatoms. The normalized spacial score (nSPS) is 14.3. The fourth-order valence-corrected chi connectivity index (χ4v) is 2.43. The Hall–Kier alpha value is -1.31. The van der Waals surface area contributed by atoms with Crippen LogP contribution < -0.4 is 5.73 Å². The van der Waals surface area contributed by atoms with Crippen molar-refractivity contribution >= 4 is 11.6 Å². The van der Waals surface area contributed by atoms with E-state index in [4.69, 9.17) is 17.3 Å². The van der Waals surface area contributed by atoms with Crippen molar-refractivity contribution in [2.45, 2.75) is 26.3 Å². The molecule has 0 radical (unpaired) electrons. The number of halogens is 1. The predicted molar refractivity (Wildman–Crippen MR) is 78.0 cm³/mol. The maximum atomic E-state index is 6.49. The first-order valence-corrected chi connectivity index (χ1v) is 6.42. The van der Waals surface area contributed by atoms with Crippen LogP contribution in [0.2, 0.25) is 5.02 Å². The minimum atomic E-state index is -0.573. The third-order valence-corrected chi connectivity index (χ3v) is 3.87. The summed E-state index contributed by atoms with van der Waals surface area (Å²) >= 11 is 6.25. The summed E-state index contributed by atoms with van der Waals surface area (Å²) < 4.78 is 0. The minimum Gasteiger partial charge on any atom is -0.318 e. The number of aryl methyl sites for hydroxylation is 2. The van der Waals surface area contributed by atoms with Crippen LogP contribution in [0.5, 0.6) is 0 Å². The fourth-order valence-electron chi connectivity index (χ4n) is 2.10. The Kier molecular flexibility index (Phi) is 3.47. The molecule has 0 aliphatic rings. The van der Waals surface area contributed by atoms with Gasteiger partial charge in [0.2, 0.25) is 0 Å². The first-order chi connectivity index (χ1) is 8.43. The summed E-state index contributed by atoms with van der Waals surface area (Å²) in [5, 5.41) is 0.709. The Balaban J connectivity index is 2.54. The lowest BCUT2D eigenvalue weighted by Crippen LogP contribution is -2.34. The standard InChI is InChI=1S/C16H18ClN/c1-11-8-9-13(10-12(11)2)16(3,18)14-6-4-5-7-15(14)17/h4-10H,18H2,1-3H3. The molecule has 2 aromatic carbocycles. The second-order valence-corrected chi connectivity index (χ2v) is 5.39. The van der Waals surface area contributed by atoms with E-state index in [1.54, 1.807) is 0 Å². The molecule has 0 fully saturated rings. The minimum absolute atomic E-state index is 0.573. The monoisotopic (exact) mass is 259 g/mol. The zero-order valence-electron chi connectivity index (χ0n) is 11.0. The SMILES string of the molecule is Cc1ccc(C(C)(N)c2ccccc2Cl)cc1C. The van der Waals surface area contributed by atoms with Crippen molar-refractivity contribution in [1.29, 1.82) is 0 Å². The van der Waals surface area contributed by atoms with Gasteiger partial charge in [0.1, 0.15) is 0 Å². The average Bonchev–Trinajstić information content (AvgIpc) is 2.33. The van der Waals surface area contributed by atoms with E-state index in [1.807, 2.05) is 31.2 Å². The highest BCUT2D eigenvalue weighted by Crippen LogP contribution is 2.32. The van der Waals surface area contributed by atoms with Gasteiger partial charge >= 0.3 is 0 Å². The molecule has 0 bridgehead atoms. The lowest BCUT2D eigenvalue weighted by molar-refractivity contribution is 0.602. The molecule has 0 saturated heterocycles. The van der Waals surface area contributed by atoms with Crippen molar-refractivity contribution in [3.05, 3.63) is 69.7 Å². The van der Waals surface area contributed by atoms with Gasteiger partial charge in [-0.05, 0) is 49.1 Å². The first-order valence-electron chi connectivity index (χ1n) is 6.04. The lowest BCUT2D eigenvalue weighted by atomic mass is 9.84. The largest absolute Gasteiger partial charge is 0.318 e. The molecule has 0 heterocycles. The molecule has 1 atom stereocenters. The number of nitrogens with two attached hydrogens (primary N) is 1. The maximum absolute atomic E-state index is 6.49. The fraction of sp³-hybridized carbons (Fsp3) is 0.250. The molecule has 2 rings (SSSR count). The number of hydrogen-bond donors (Lipinski definition) is 1. The second-order valence-electron chi connectivity index (χ2n) is 4.98. The topological polar surface area (TPSA) is 26.0 Å². The van der Waals surface area contributed by atoms with E-state index >= 15 is 0 Å². The third-order valence-electron chi connectivity index (χ3n) is 3.54. The van der Waals surface area contributed by atoms with Gasteiger partial charge in [-0.3, -0.25) is 0 Å². The van der Waals surface area contributed by atoms with E-state index in [9.17, 15) is 0 Å². The Labute approximate surface area is 114 Å². The molecule has 1 nitrogen and oxygen atoms in total. The quantitative estimate of drug-likeness (QED) is 0.860. The van der Waals surface area contributed by atoms with Crippen molar-refractivity contribution in [1.82, 2.24) is 0 Å². The Bertz CT molecular complexity index is 573. The molecule has 0 saturated carbocycles. The van der Waals surface area contributed by atoms with Gasteiger partial charge in [0.15, 0.2) is 0 Å². The van der Waals surface area contributed by atoms with E-state index < -0.39 is 5.54 Å². The summed E-state index contributed by atoms with van der Waals surface area (Å²) in [6.45, 7) is 6.20. The molecule has 0 amide bonds. The van der Waals surface area contributed by atoms with Crippen molar-refractivity contribution in [3.8, 4) is 0 Å². The molecule has 0 aliphatic carbocycles. The van der Waals surface area contributed by atoms with E-state index in [-0.39, 0.29) is 0 Å². The van der Waals surface area contributed by atoms with Crippen molar-refractivity contribution in [2.24, 2.45) is 5.73 Å². The highest BCUT2D eigenvalue weighted by Gasteiger charge is 2.26. The molecule has 94 valence electrons. The number of rotatable bonds is 2. The van der Waals surface area contributed by atoms with Gasteiger partial charge in [-0.15, -0.1) is 0 Å². The zero-order chi connectivity index (χ0) is 13.3. The van der Waals surface area contributed by atoms with Crippen LogP contribution in [0.15, 0.2) is 42.5 Å². The summed E-state index contributed by atoms with van der Waals surface area (Å²) in [4.78, 5) is 0. The summed E-state index contributed by atoms with van der Waals surface area (Å²) in [5.74, 6) is 0. The van der Waals surface area contributed by atoms with E-state index in [2.05, 4.69) is 32.0 Å². The van der Waals surface area contributed by atoms with Crippen LogP contribution in [0, 0.1) is 13.8 Å². The van der Waals surface area contributed by atoms with E-state index in [0.29, 0.717) is 5.02 Å². The average molecular weight is 260 g/mol. The van der Waals surface area contributed by atoms with Gasteiger partial charge in [-0.1, -0.05) is 48.0 Å². The van der Waals surface area contributed by atoms with Crippen LogP contribution in [-0.4, -0.2) is 0 Å². The summed E-state index contributed by atoms with van der Waals surface area (Å²) in [6, 6.07) is 14.1. The van der Waals surface area contributed by atoms with Crippen molar-refractivity contribution in [2.75, 3.05) is 0 Å². The van der Waals surface area contributed by atoms with Gasteiger partial charge in [0, 0.05) is 5.02 Å². The summed E-state index contributed by atoms with van der Waals surface area (Å²) in [5.41, 5.74) is 10.5. The van der Waals surface area contributed by atoms with Gasteiger partial charge in [0.25, 0.3) is 0 Å². The number of benzene rings is 2. The van der Waals surface area contributed by atoms with Crippen LogP contribution in [-0.2, 0) is 5.54 Å². The smallest absolute Gasteiger partial charge is 0.0651 e. The third kappa shape index (κ3) is 2.29. The van der Waals surface area contributed by atoms with Gasteiger partial charge in [-0.25, -0.2) is 0 Å². The summed E-state index contributed by atoms with van der Waals surface area (Å²) in [6.07, 6.45) is 0. The summed E-state index contributed by atoms with van der Waals surface area (Å²) in [7, 11) is 0. The molecular formula is C16H18ClN. The molecule has 2 aromatic rings. The van der Waals surface area contributed by atoms with Crippen LogP contribution in [0.4, 0.5) is 0 Å². The molecule has 1 unspecified atom stereocenters. The first kappa shape index (κ1) is 13.1. The van der Waals surface area contributed by atoms with Crippen LogP contribution in [0.1, 0.15) is 29.2 Å². The Morgan fingerprint density at radius 1 is 1.00 bits per heavy atom. The predicted octanol–water partition coefficient (Wildman–Crippen LogP) is 4.18. The Morgan fingerprint density at radius 3 is 2.28 bits per heavy atom. The van der Waals surface area contributed by atoms with Gasteiger partial charge in [-0.2, -0.15) is 0 Å². The van der Waals surface area contributed by atoms with Crippen LogP contribution >= 0.6 is 11.6 Å². The second kappa shape index (κ2) is 4.75. The highest BCUT2D eigenvalue weighted by molar-refractivity contribution is 6.31. The van der Waals surface area contributed by atoms with E-state index in [1.165, 1.54) is 11.1 Å². The van der Waals surface area contributed by atoms with Crippen LogP contribution in [0.3, 0.4) is 0 Å². The molecule has 18 heavy (non-hydrogen) atoms. The Morgan fingerprint density at radius 2 is 1.67 bits per heavy atom.